The number of hydrogen-bond acceptors (Lipinski definition) is 2. The van der Waals surface area contributed by atoms with Gasteiger partial charge in [-0.1, -0.05) is 51.0 Å². The Morgan fingerprint density at radius 1 is 0.941 bits per heavy atom. The first-order valence-corrected chi connectivity index (χ1v) is 6.50. The van der Waals surface area contributed by atoms with Crippen molar-refractivity contribution in [3.63, 3.8) is 0 Å². The molecule has 0 aliphatic rings. The maximum absolute atomic E-state index is 9.75. The predicted octanol–water partition coefficient (Wildman–Crippen LogP) is 2.07. The lowest BCUT2D eigenvalue weighted by Gasteiger charge is -2.12. The van der Waals surface area contributed by atoms with Crippen LogP contribution in [0.15, 0.2) is 48.5 Å². The molecule has 2 nitrogen and oxygen atoms in total. The number of phenols is 1. The van der Waals surface area contributed by atoms with E-state index < -0.39 is 6.10 Å². The predicted molar refractivity (Wildman–Crippen MR) is 72.8 cm³/mol. The minimum atomic E-state index is -0.482. The van der Waals surface area contributed by atoms with Crippen LogP contribution in [0.1, 0.15) is 18.6 Å². The molecule has 2 rings (SSSR count). The largest absolute Gasteiger partial charge is 0.507 e. The Bertz CT molecular complexity index is 509. The lowest BCUT2D eigenvalue weighted by Crippen LogP contribution is -2.11. The Morgan fingerprint density at radius 2 is 1.53 bits per heavy atom. The monoisotopic (exact) mass is 246 g/mol. The molecule has 2 aromatic rings. The van der Waals surface area contributed by atoms with E-state index in [1.165, 1.54) is 0 Å². The van der Waals surface area contributed by atoms with Crippen LogP contribution in [0.3, 0.4) is 0 Å². The fourth-order valence-electron chi connectivity index (χ4n) is 1.70. The Labute approximate surface area is 103 Å². The highest BCUT2D eigenvalue weighted by Crippen LogP contribution is 2.22. The highest BCUT2D eigenvalue weighted by atomic mass is 31.1. The van der Waals surface area contributed by atoms with Crippen LogP contribution in [-0.2, 0) is 0 Å². The lowest BCUT2D eigenvalue weighted by atomic mass is 10.1. The van der Waals surface area contributed by atoms with Crippen molar-refractivity contribution in [3.05, 3.63) is 54.1 Å². The lowest BCUT2D eigenvalue weighted by molar-refractivity contribution is 0.200. The topological polar surface area (TPSA) is 40.5 Å². The zero-order valence-electron chi connectivity index (χ0n) is 9.59. The van der Waals surface area contributed by atoms with Crippen LogP contribution >= 0.6 is 8.58 Å². The second-order valence-corrected chi connectivity index (χ2v) is 5.23. The van der Waals surface area contributed by atoms with Crippen molar-refractivity contribution in [2.75, 3.05) is 0 Å². The molecule has 0 saturated carbocycles. The molecule has 88 valence electrons. The maximum atomic E-state index is 9.75. The fraction of sp³-hybridized carbons (Fsp3) is 0.143. The number of aliphatic hydroxyl groups excluding tert-OH is 1. The van der Waals surface area contributed by atoms with Gasteiger partial charge in [0.25, 0.3) is 0 Å². The second-order valence-electron chi connectivity index (χ2n) is 3.91. The summed E-state index contributed by atoms with van der Waals surface area (Å²) in [5, 5.41) is 21.4. The highest BCUT2D eigenvalue weighted by Gasteiger charge is 2.09. The molecule has 0 aromatic heterocycles. The van der Waals surface area contributed by atoms with E-state index in [2.05, 4.69) is 0 Å². The molecule has 2 aromatic carbocycles. The average molecular weight is 246 g/mol. The number of phenolic OH excluding ortho intramolecular Hbond substituents is 1. The molecule has 0 fully saturated rings. The summed E-state index contributed by atoms with van der Waals surface area (Å²) < 4.78 is 0. The Hall–Kier alpha value is -1.37. The Kier molecular flexibility index (Phi) is 3.78. The van der Waals surface area contributed by atoms with E-state index in [-0.39, 0.29) is 0 Å². The van der Waals surface area contributed by atoms with Gasteiger partial charge in [0.05, 0.1) is 6.10 Å². The van der Waals surface area contributed by atoms with Crippen LogP contribution in [-0.4, -0.2) is 10.2 Å². The van der Waals surface area contributed by atoms with Gasteiger partial charge in [0.2, 0.25) is 0 Å². The number of benzene rings is 2. The standard InChI is InChI=1S/C14H15O2P/c1-10(15)11-6-2-4-8-13(11)17-14-9-5-3-7-12(14)16/h2-10,15-17H,1H3. The molecule has 2 N–H and O–H groups in total. The first kappa shape index (κ1) is 12.1. The molecule has 0 radical (unpaired) electrons. The van der Waals surface area contributed by atoms with Gasteiger partial charge in [0.1, 0.15) is 5.75 Å². The molecule has 0 aliphatic heterocycles. The molecule has 3 heteroatoms. The maximum Gasteiger partial charge on any atom is 0.123 e. The van der Waals surface area contributed by atoms with E-state index in [1.54, 1.807) is 13.0 Å². The summed E-state index contributed by atoms with van der Waals surface area (Å²) in [6.45, 7) is 1.76. The molecular formula is C14H15O2P. The molecule has 2 atom stereocenters. The van der Waals surface area contributed by atoms with Gasteiger partial charge in [0.15, 0.2) is 0 Å². The summed E-state index contributed by atoms with van der Waals surface area (Å²) in [5.41, 5.74) is 0.925. The van der Waals surface area contributed by atoms with Crippen molar-refractivity contribution in [1.82, 2.24) is 0 Å². The normalized spacial score (nSPS) is 13.1. The van der Waals surface area contributed by atoms with Gasteiger partial charge in [-0.05, 0) is 23.9 Å². The van der Waals surface area contributed by atoms with Gasteiger partial charge in [-0.15, -0.1) is 0 Å². The summed E-state index contributed by atoms with van der Waals surface area (Å²) in [5.74, 6) is 0.311. The van der Waals surface area contributed by atoms with E-state index in [9.17, 15) is 10.2 Å². The van der Waals surface area contributed by atoms with E-state index in [1.807, 2.05) is 42.5 Å². The third-order valence-corrected chi connectivity index (χ3v) is 4.00. The van der Waals surface area contributed by atoms with Gasteiger partial charge in [-0.25, -0.2) is 0 Å². The van der Waals surface area contributed by atoms with E-state index in [0.717, 1.165) is 16.2 Å². The molecule has 0 heterocycles. The molecule has 0 saturated heterocycles. The first-order chi connectivity index (χ1) is 8.18. The zero-order valence-corrected chi connectivity index (χ0v) is 10.6. The van der Waals surface area contributed by atoms with Crippen molar-refractivity contribution in [2.24, 2.45) is 0 Å². The van der Waals surface area contributed by atoms with Crippen LogP contribution in [0.25, 0.3) is 0 Å². The van der Waals surface area contributed by atoms with Crippen LogP contribution in [0, 0.1) is 0 Å². The van der Waals surface area contributed by atoms with Crippen molar-refractivity contribution < 1.29 is 10.2 Å². The molecule has 0 amide bonds. The number of aromatic hydroxyl groups is 1. The summed E-state index contributed by atoms with van der Waals surface area (Å²) >= 11 is 0. The van der Waals surface area contributed by atoms with E-state index in [4.69, 9.17) is 0 Å². The summed E-state index contributed by atoms with van der Waals surface area (Å²) in [7, 11) is 0.357. The van der Waals surface area contributed by atoms with Gasteiger partial charge in [0, 0.05) is 5.30 Å². The Morgan fingerprint density at radius 3 is 2.18 bits per heavy atom. The molecule has 0 spiro atoms. The molecular weight excluding hydrogens is 231 g/mol. The van der Waals surface area contributed by atoms with Gasteiger partial charge >= 0.3 is 0 Å². The number of para-hydroxylation sites is 1. The molecule has 2 unspecified atom stereocenters. The minimum absolute atomic E-state index is 0.311. The fourth-order valence-corrected chi connectivity index (χ4v) is 3.00. The third kappa shape index (κ3) is 2.85. The van der Waals surface area contributed by atoms with Crippen molar-refractivity contribution in [3.8, 4) is 5.75 Å². The van der Waals surface area contributed by atoms with Gasteiger partial charge in [-0.3, -0.25) is 0 Å². The first-order valence-electron chi connectivity index (χ1n) is 5.50. The van der Waals surface area contributed by atoms with Gasteiger partial charge < -0.3 is 10.2 Å². The number of aliphatic hydroxyl groups is 1. The third-order valence-electron chi connectivity index (χ3n) is 2.58. The molecule has 0 aliphatic carbocycles. The van der Waals surface area contributed by atoms with Crippen LogP contribution in [0.2, 0.25) is 0 Å². The summed E-state index contributed by atoms with van der Waals surface area (Å²) in [6, 6.07) is 15.1. The smallest absolute Gasteiger partial charge is 0.123 e. The second kappa shape index (κ2) is 5.31. The van der Waals surface area contributed by atoms with Crippen LogP contribution in [0.5, 0.6) is 5.75 Å². The Balaban J connectivity index is 2.34. The van der Waals surface area contributed by atoms with Crippen LogP contribution < -0.4 is 10.6 Å². The van der Waals surface area contributed by atoms with E-state index in [0.29, 0.717) is 14.3 Å². The molecule has 17 heavy (non-hydrogen) atoms. The average Bonchev–Trinajstić information content (AvgIpc) is 2.32. The zero-order chi connectivity index (χ0) is 12.3. The van der Waals surface area contributed by atoms with Crippen molar-refractivity contribution in [2.45, 2.75) is 13.0 Å². The summed E-state index contributed by atoms with van der Waals surface area (Å²) in [4.78, 5) is 0. The number of hydrogen-bond donors (Lipinski definition) is 2. The minimum Gasteiger partial charge on any atom is -0.507 e. The van der Waals surface area contributed by atoms with Gasteiger partial charge in [-0.2, -0.15) is 0 Å². The van der Waals surface area contributed by atoms with Crippen molar-refractivity contribution in [1.29, 1.82) is 0 Å². The quantitative estimate of drug-likeness (QED) is 0.814. The summed E-state index contributed by atoms with van der Waals surface area (Å²) in [6.07, 6.45) is -0.482. The highest BCUT2D eigenvalue weighted by molar-refractivity contribution is 7.55. The number of rotatable bonds is 3. The SMILES string of the molecule is CC(O)c1ccccc1Pc1ccccc1O. The molecule has 0 bridgehead atoms. The van der Waals surface area contributed by atoms with E-state index >= 15 is 0 Å². The van der Waals surface area contributed by atoms with Crippen LogP contribution in [0.4, 0.5) is 0 Å². The van der Waals surface area contributed by atoms with Crippen molar-refractivity contribution >= 4 is 19.2 Å².